The Kier molecular flexibility index (Phi) is 8.65. The van der Waals surface area contributed by atoms with Crippen molar-refractivity contribution in [1.82, 2.24) is 4.90 Å². The molecule has 0 saturated heterocycles. The van der Waals surface area contributed by atoms with E-state index in [9.17, 15) is 14.7 Å². The summed E-state index contributed by atoms with van der Waals surface area (Å²) in [7, 11) is 3.93. The molecule has 6 heteroatoms. The molecule has 0 amide bonds. The first-order valence-electron chi connectivity index (χ1n) is 9.11. The monoisotopic (exact) mass is 413 g/mol. The molecule has 2 aromatic carbocycles. The number of phenols is 1. The number of hydrogen-bond acceptors (Lipinski definition) is 5. The van der Waals surface area contributed by atoms with E-state index in [1.54, 1.807) is 42.5 Å². The van der Waals surface area contributed by atoms with Crippen LogP contribution in [0.25, 0.3) is 12.2 Å². The Hall–Kier alpha value is -2.89. The summed E-state index contributed by atoms with van der Waals surface area (Å²) in [6, 6.07) is 11.7. The number of phenolic OH excluding ortho intramolecular Hbond substituents is 1. The normalized spacial score (nSPS) is 11.4. The Morgan fingerprint density at radius 2 is 1.69 bits per heavy atom. The Morgan fingerprint density at radius 1 is 1.03 bits per heavy atom. The second kappa shape index (κ2) is 11.2. The first-order valence-corrected chi connectivity index (χ1v) is 9.49. The molecular weight excluding hydrogens is 390 g/mol. The maximum absolute atomic E-state index is 12.0. The van der Waals surface area contributed by atoms with Gasteiger partial charge in [0.05, 0.1) is 11.4 Å². The van der Waals surface area contributed by atoms with Crippen molar-refractivity contribution in [3.05, 3.63) is 70.8 Å². The predicted molar refractivity (Wildman–Crippen MR) is 116 cm³/mol. The van der Waals surface area contributed by atoms with Crippen LogP contribution in [0.3, 0.4) is 0 Å². The van der Waals surface area contributed by atoms with Gasteiger partial charge in [0.2, 0.25) is 0 Å². The number of hydrogen-bond donors (Lipinski definition) is 1. The van der Waals surface area contributed by atoms with Crippen LogP contribution < -0.4 is 4.74 Å². The van der Waals surface area contributed by atoms with Gasteiger partial charge < -0.3 is 14.7 Å². The number of carbonyl (C=O) groups is 2. The minimum atomic E-state index is -0.312. The Balaban J connectivity index is 1.87. The fourth-order valence-electron chi connectivity index (χ4n) is 2.33. The molecule has 152 valence electrons. The minimum absolute atomic E-state index is 0.153. The lowest BCUT2D eigenvalue weighted by atomic mass is 10.1. The predicted octanol–water partition coefficient (Wildman–Crippen LogP) is 4.24. The Bertz CT molecular complexity index is 902. The number of ether oxygens (including phenoxy) is 1. The maximum atomic E-state index is 12.0. The quantitative estimate of drug-likeness (QED) is 0.466. The summed E-state index contributed by atoms with van der Waals surface area (Å²) < 4.78 is 5.62. The van der Waals surface area contributed by atoms with Crippen molar-refractivity contribution in [3.8, 4) is 11.5 Å². The van der Waals surface area contributed by atoms with Crippen LogP contribution in [0.15, 0.2) is 54.6 Å². The van der Waals surface area contributed by atoms with Crippen LogP contribution in [0.4, 0.5) is 0 Å². The maximum Gasteiger partial charge on any atom is 0.163 e. The van der Waals surface area contributed by atoms with Crippen molar-refractivity contribution in [2.45, 2.75) is 6.42 Å². The van der Waals surface area contributed by atoms with Gasteiger partial charge in [0, 0.05) is 6.54 Å². The Labute approximate surface area is 175 Å². The molecule has 2 aromatic rings. The van der Waals surface area contributed by atoms with Gasteiger partial charge >= 0.3 is 0 Å². The summed E-state index contributed by atoms with van der Waals surface area (Å²) in [4.78, 5) is 26.0. The number of ketones is 2. The van der Waals surface area contributed by atoms with Gasteiger partial charge in [0.25, 0.3) is 0 Å². The summed E-state index contributed by atoms with van der Waals surface area (Å²) in [6.45, 7) is 1.35. The third-order valence-corrected chi connectivity index (χ3v) is 4.26. The fourth-order valence-corrected chi connectivity index (χ4v) is 2.56. The van der Waals surface area contributed by atoms with E-state index in [1.807, 2.05) is 19.0 Å². The van der Waals surface area contributed by atoms with Crippen molar-refractivity contribution < 1.29 is 19.4 Å². The van der Waals surface area contributed by atoms with E-state index in [4.69, 9.17) is 16.3 Å². The van der Waals surface area contributed by atoms with Crippen LogP contribution in [0.5, 0.6) is 11.5 Å². The Morgan fingerprint density at radius 3 is 2.31 bits per heavy atom. The van der Waals surface area contributed by atoms with Gasteiger partial charge in [-0.3, -0.25) is 9.59 Å². The van der Waals surface area contributed by atoms with Crippen molar-refractivity contribution in [3.63, 3.8) is 0 Å². The molecule has 0 saturated carbocycles. The van der Waals surface area contributed by atoms with E-state index >= 15 is 0 Å². The standard InChI is InChI=1S/C23H24ClNO4/c1-25(2)13-14-29-22-12-7-18(23(24)16-22)6-11-21(28)15-20(27)10-5-17-3-8-19(26)9-4-17/h3-12,16,26H,13-15H2,1-2H3/b10-5+,11-6+. The lowest BCUT2D eigenvalue weighted by Crippen LogP contribution is -2.19. The van der Waals surface area contributed by atoms with Crippen LogP contribution in [0.2, 0.25) is 5.02 Å². The topological polar surface area (TPSA) is 66.8 Å². The molecule has 0 aliphatic carbocycles. The van der Waals surface area contributed by atoms with Crippen LogP contribution in [-0.4, -0.2) is 48.8 Å². The molecule has 0 heterocycles. The van der Waals surface area contributed by atoms with Crippen molar-refractivity contribution in [1.29, 1.82) is 0 Å². The molecule has 0 aliphatic heterocycles. The average Bonchev–Trinajstić information content (AvgIpc) is 2.66. The number of nitrogens with zero attached hydrogens (tertiary/aromatic N) is 1. The van der Waals surface area contributed by atoms with E-state index in [2.05, 4.69) is 0 Å². The summed E-state index contributed by atoms with van der Waals surface area (Å²) >= 11 is 6.24. The number of aromatic hydroxyl groups is 1. The smallest absolute Gasteiger partial charge is 0.163 e. The number of carbonyl (C=O) groups excluding carboxylic acids is 2. The molecule has 5 nitrogen and oxygen atoms in total. The zero-order chi connectivity index (χ0) is 21.2. The molecule has 0 bridgehead atoms. The molecule has 0 radical (unpaired) electrons. The largest absolute Gasteiger partial charge is 0.508 e. The first-order chi connectivity index (χ1) is 13.8. The number of likely N-dealkylation sites (N-methyl/N-ethyl adjacent to an activating group) is 1. The number of allylic oxidation sites excluding steroid dienone is 2. The highest BCUT2D eigenvalue weighted by atomic mass is 35.5. The van der Waals surface area contributed by atoms with Crippen LogP contribution >= 0.6 is 11.6 Å². The van der Waals surface area contributed by atoms with Gasteiger partial charge in [0.1, 0.15) is 18.1 Å². The molecule has 1 N–H and O–H groups in total. The van der Waals surface area contributed by atoms with E-state index < -0.39 is 0 Å². The van der Waals surface area contributed by atoms with E-state index in [-0.39, 0.29) is 23.7 Å². The second-order valence-corrected chi connectivity index (χ2v) is 7.11. The molecular formula is C23H24ClNO4. The lowest BCUT2D eigenvalue weighted by Gasteiger charge is -2.11. The second-order valence-electron chi connectivity index (χ2n) is 6.70. The van der Waals surface area contributed by atoms with E-state index in [0.29, 0.717) is 22.9 Å². The van der Waals surface area contributed by atoms with Crippen LogP contribution in [-0.2, 0) is 9.59 Å². The molecule has 0 aromatic heterocycles. The van der Waals surface area contributed by atoms with Crippen LogP contribution in [0.1, 0.15) is 17.5 Å². The zero-order valence-electron chi connectivity index (χ0n) is 16.5. The number of benzene rings is 2. The van der Waals surface area contributed by atoms with Gasteiger partial charge in [-0.05, 0) is 73.8 Å². The third kappa shape index (κ3) is 8.34. The van der Waals surface area contributed by atoms with Gasteiger partial charge in [-0.2, -0.15) is 0 Å². The molecule has 0 unspecified atom stereocenters. The van der Waals surface area contributed by atoms with Gasteiger partial charge in [-0.25, -0.2) is 0 Å². The van der Waals surface area contributed by atoms with Gasteiger partial charge in [-0.15, -0.1) is 0 Å². The molecule has 2 rings (SSSR count). The highest BCUT2D eigenvalue weighted by molar-refractivity contribution is 6.32. The molecule has 0 aliphatic rings. The van der Waals surface area contributed by atoms with Gasteiger partial charge in [-0.1, -0.05) is 29.8 Å². The van der Waals surface area contributed by atoms with E-state index in [1.165, 1.54) is 24.3 Å². The SMILES string of the molecule is CN(C)CCOc1ccc(/C=C/C(=O)CC(=O)/C=C/c2ccc(O)cc2)c(Cl)c1. The molecule has 0 spiro atoms. The fraction of sp³-hybridized carbons (Fsp3) is 0.217. The molecule has 0 atom stereocenters. The summed E-state index contributed by atoms with van der Waals surface area (Å²) in [6.07, 6.45) is 5.66. The molecule has 0 fully saturated rings. The number of halogens is 1. The summed E-state index contributed by atoms with van der Waals surface area (Å²) in [5.41, 5.74) is 1.44. The molecule has 29 heavy (non-hydrogen) atoms. The highest BCUT2D eigenvalue weighted by Gasteiger charge is 2.05. The van der Waals surface area contributed by atoms with Crippen LogP contribution in [0, 0.1) is 0 Å². The van der Waals surface area contributed by atoms with Crippen molar-refractivity contribution in [2.24, 2.45) is 0 Å². The third-order valence-electron chi connectivity index (χ3n) is 3.93. The number of rotatable bonds is 10. The lowest BCUT2D eigenvalue weighted by molar-refractivity contribution is -0.121. The van der Waals surface area contributed by atoms with Gasteiger partial charge in [0.15, 0.2) is 11.6 Å². The summed E-state index contributed by atoms with van der Waals surface area (Å²) in [5, 5.41) is 9.70. The average molecular weight is 414 g/mol. The van der Waals surface area contributed by atoms with Crippen molar-refractivity contribution >= 4 is 35.3 Å². The van der Waals surface area contributed by atoms with E-state index in [0.717, 1.165) is 12.1 Å². The summed E-state index contributed by atoms with van der Waals surface area (Å²) in [5.74, 6) is 0.201. The first kappa shape index (κ1) is 22.4. The zero-order valence-corrected chi connectivity index (χ0v) is 17.2. The highest BCUT2D eigenvalue weighted by Crippen LogP contribution is 2.23. The minimum Gasteiger partial charge on any atom is -0.508 e. The van der Waals surface area contributed by atoms with Crippen molar-refractivity contribution in [2.75, 3.05) is 27.2 Å².